The fourth-order valence-electron chi connectivity index (χ4n) is 1.43. The lowest BCUT2D eigenvalue weighted by Crippen LogP contribution is -2.14. The first-order valence-corrected chi connectivity index (χ1v) is 8.05. The van der Waals surface area contributed by atoms with Crippen molar-refractivity contribution in [2.24, 2.45) is 0 Å². The van der Waals surface area contributed by atoms with Crippen LogP contribution >= 0.6 is 11.8 Å². The molecule has 0 saturated carbocycles. The number of thioether (sulfide) groups is 1. The zero-order chi connectivity index (χ0) is 15.5. The number of anilines is 1. The van der Waals surface area contributed by atoms with Crippen LogP contribution in [0.15, 0.2) is 46.5 Å². The number of H-pyrrole nitrogens is 1. The molecule has 0 aliphatic heterocycles. The number of halogens is 3. The number of hydrogen-bond acceptors (Lipinski definition) is 4. The summed E-state index contributed by atoms with van der Waals surface area (Å²) in [4.78, 5) is 0.0972. The number of nitrogens with one attached hydrogen (secondary N) is 2. The van der Waals surface area contributed by atoms with E-state index >= 15 is 0 Å². The van der Waals surface area contributed by atoms with Crippen LogP contribution in [0.5, 0.6) is 0 Å². The van der Waals surface area contributed by atoms with E-state index in [4.69, 9.17) is 0 Å². The first kappa shape index (κ1) is 15.7. The summed E-state index contributed by atoms with van der Waals surface area (Å²) in [6, 6.07) is 5.89. The highest BCUT2D eigenvalue weighted by molar-refractivity contribution is 7.99. The van der Waals surface area contributed by atoms with Crippen molar-refractivity contribution in [3.63, 3.8) is 0 Å². The molecule has 1 aromatic heterocycles. The van der Waals surface area contributed by atoms with Crippen LogP contribution in [0, 0.1) is 0 Å². The van der Waals surface area contributed by atoms with E-state index in [1.54, 1.807) is 0 Å². The number of aromatic nitrogens is 2. The SMILES string of the molecule is O=S(=O)(Nc1ccccc1SCC(F)(F)F)c1cn[nH]c1. The van der Waals surface area contributed by atoms with Gasteiger partial charge in [0.15, 0.2) is 0 Å². The number of aromatic amines is 1. The molecule has 0 saturated heterocycles. The van der Waals surface area contributed by atoms with E-state index in [0.29, 0.717) is 11.8 Å². The van der Waals surface area contributed by atoms with Gasteiger partial charge in [0.25, 0.3) is 10.0 Å². The van der Waals surface area contributed by atoms with Crippen molar-refractivity contribution in [3.05, 3.63) is 36.7 Å². The van der Waals surface area contributed by atoms with Crippen LogP contribution in [0.2, 0.25) is 0 Å². The van der Waals surface area contributed by atoms with Gasteiger partial charge in [0.05, 0.1) is 17.6 Å². The predicted octanol–water partition coefficient (Wildman–Crippen LogP) is 2.86. The maximum Gasteiger partial charge on any atom is 0.398 e. The molecule has 0 bridgehead atoms. The molecular weight excluding hydrogens is 327 g/mol. The van der Waals surface area contributed by atoms with Gasteiger partial charge in [-0.2, -0.15) is 18.3 Å². The average Bonchev–Trinajstić information content (AvgIpc) is 2.91. The summed E-state index contributed by atoms with van der Waals surface area (Å²) in [7, 11) is -3.88. The molecule has 0 radical (unpaired) electrons. The Labute approximate surface area is 123 Å². The van der Waals surface area contributed by atoms with E-state index in [2.05, 4.69) is 14.9 Å². The molecule has 2 aromatic rings. The number of benzene rings is 1. The molecule has 0 amide bonds. The lowest BCUT2D eigenvalue weighted by Gasteiger charge is -2.12. The van der Waals surface area contributed by atoms with Crippen LogP contribution in [-0.4, -0.2) is 30.5 Å². The highest BCUT2D eigenvalue weighted by Crippen LogP contribution is 2.33. The van der Waals surface area contributed by atoms with Crippen LogP contribution in [0.25, 0.3) is 0 Å². The van der Waals surface area contributed by atoms with Crippen LogP contribution < -0.4 is 4.72 Å². The number of rotatable bonds is 5. The fourth-order valence-corrected chi connectivity index (χ4v) is 3.24. The Morgan fingerprint density at radius 2 is 2.00 bits per heavy atom. The zero-order valence-electron chi connectivity index (χ0n) is 10.4. The Balaban J connectivity index is 2.21. The maximum atomic E-state index is 12.3. The van der Waals surface area contributed by atoms with Crippen LogP contribution in [-0.2, 0) is 10.0 Å². The first-order chi connectivity index (χ1) is 9.78. The third-order valence-corrected chi connectivity index (χ3v) is 4.78. The van der Waals surface area contributed by atoms with Gasteiger partial charge in [0, 0.05) is 11.1 Å². The smallest absolute Gasteiger partial charge is 0.284 e. The molecule has 0 fully saturated rings. The molecule has 1 heterocycles. The van der Waals surface area contributed by atoms with Gasteiger partial charge in [-0.3, -0.25) is 9.82 Å². The van der Waals surface area contributed by atoms with Crippen molar-refractivity contribution in [2.45, 2.75) is 16.0 Å². The number of nitrogens with zero attached hydrogens (tertiary/aromatic N) is 1. The van der Waals surface area contributed by atoms with Crippen LogP contribution in [0.3, 0.4) is 0 Å². The maximum absolute atomic E-state index is 12.3. The minimum Gasteiger partial charge on any atom is -0.284 e. The van der Waals surface area contributed by atoms with Crippen LogP contribution in [0.1, 0.15) is 0 Å². The van der Waals surface area contributed by atoms with Gasteiger partial charge in [-0.1, -0.05) is 12.1 Å². The third kappa shape index (κ3) is 4.39. The second-order valence-corrected chi connectivity index (χ2v) is 6.64. The van der Waals surface area contributed by atoms with Crippen molar-refractivity contribution in [1.29, 1.82) is 0 Å². The Kier molecular flexibility index (Phi) is 4.47. The van der Waals surface area contributed by atoms with E-state index in [1.807, 2.05) is 0 Å². The minimum atomic E-state index is -4.33. The fraction of sp³-hybridized carbons (Fsp3) is 0.182. The van der Waals surface area contributed by atoms with E-state index in [0.717, 1.165) is 6.20 Å². The molecule has 2 rings (SSSR count). The average molecular weight is 337 g/mol. The predicted molar refractivity (Wildman–Crippen MR) is 72.6 cm³/mol. The molecule has 0 spiro atoms. The Morgan fingerprint density at radius 3 is 2.62 bits per heavy atom. The molecule has 114 valence electrons. The number of sulfonamides is 1. The van der Waals surface area contributed by atoms with Crippen molar-refractivity contribution in [1.82, 2.24) is 10.2 Å². The Hall–Kier alpha value is -1.68. The van der Waals surface area contributed by atoms with Crippen molar-refractivity contribution in [3.8, 4) is 0 Å². The highest BCUT2D eigenvalue weighted by atomic mass is 32.2. The highest BCUT2D eigenvalue weighted by Gasteiger charge is 2.28. The molecule has 0 unspecified atom stereocenters. The van der Waals surface area contributed by atoms with E-state index < -0.39 is 22.0 Å². The van der Waals surface area contributed by atoms with Gasteiger partial charge in [-0.15, -0.1) is 11.8 Å². The summed E-state index contributed by atoms with van der Waals surface area (Å²) < 4.78 is 63.1. The third-order valence-electron chi connectivity index (χ3n) is 2.31. The van der Waals surface area contributed by atoms with Crippen molar-refractivity contribution < 1.29 is 21.6 Å². The Bertz CT molecular complexity index is 700. The van der Waals surface area contributed by atoms with Gasteiger partial charge in [0.1, 0.15) is 4.90 Å². The minimum absolute atomic E-state index is 0.0907. The molecule has 0 atom stereocenters. The molecule has 0 aliphatic carbocycles. The summed E-state index contributed by atoms with van der Waals surface area (Å²) in [5.41, 5.74) is 0.0907. The second-order valence-electron chi connectivity index (χ2n) is 3.94. The lowest BCUT2D eigenvalue weighted by atomic mass is 10.3. The monoisotopic (exact) mass is 337 g/mol. The largest absolute Gasteiger partial charge is 0.398 e. The van der Waals surface area contributed by atoms with Gasteiger partial charge in [-0.05, 0) is 12.1 Å². The van der Waals surface area contributed by atoms with Gasteiger partial charge in [0.2, 0.25) is 0 Å². The standard InChI is InChI=1S/C11H10F3N3O2S2/c12-11(13,14)7-20-10-4-2-1-3-9(10)17-21(18,19)8-5-15-16-6-8/h1-6,17H,7H2,(H,15,16). The molecule has 5 nitrogen and oxygen atoms in total. The number of alkyl halides is 3. The molecule has 0 aliphatic rings. The van der Waals surface area contributed by atoms with Gasteiger partial charge < -0.3 is 0 Å². The first-order valence-electron chi connectivity index (χ1n) is 5.58. The number of hydrogen-bond donors (Lipinski definition) is 2. The Morgan fingerprint density at radius 1 is 1.29 bits per heavy atom. The number of para-hydroxylation sites is 1. The van der Waals surface area contributed by atoms with Crippen molar-refractivity contribution >= 4 is 27.5 Å². The topological polar surface area (TPSA) is 74.8 Å². The van der Waals surface area contributed by atoms with Gasteiger partial charge in [-0.25, -0.2) is 8.42 Å². The van der Waals surface area contributed by atoms with E-state index in [9.17, 15) is 21.6 Å². The van der Waals surface area contributed by atoms with Crippen LogP contribution in [0.4, 0.5) is 18.9 Å². The summed E-state index contributed by atoms with van der Waals surface area (Å²) in [6.45, 7) is 0. The quantitative estimate of drug-likeness (QED) is 0.823. The van der Waals surface area contributed by atoms with E-state index in [1.165, 1.54) is 30.5 Å². The van der Waals surface area contributed by atoms with Gasteiger partial charge >= 0.3 is 6.18 Å². The molecule has 21 heavy (non-hydrogen) atoms. The normalized spacial score (nSPS) is 12.3. The molecule has 2 N–H and O–H groups in total. The zero-order valence-corrected chi connectivity index (χ0v) is 12.0. The summed E-state index contributed by atoms with van der Waals surface area (Å²) in [5, 5.41) is 5.88. The molecule has 10 heteroatoms. The van der Waals surface area contributed by atoms with E-state index in [-0.39, 0.29) is 15.5 Å². The lowest BCUT2D eigenvalue weighted by molar-refractivity contribution is -0.105. The molecule has 1 aromatic carbocycles. The summed E-state index contributed by atoms with van der Waals surface area (Å²) >= 11 is 0.517. The summed E-state index contributed by atoms with van der Waals surface area (Å²) in [6.07, 6.45) is -2.05. The molecular formula is C11H10F3N3O2S2. The van der Waals surface area contributed by atoms with Crippen molar-refractivity contribution in [2.75, 3.05) is 10.5 Å². The second kappa shape index (κ2) is 5.98. The summed E-state index contributed by atoms with van der Waals surface area (Å²) in [5.74, 6) is -1.10.